The summed E-state index contributed by atoms with van der Waals surface area (Å²) in [6.45, 7) is 0.196. The number of carbonyl (C=O) groups excluding carboxylic acids is 2. The van der Waals surface area contributed by atoms with Gasteiger partial charge in [0.1, 0.15) is 11.6 Å². The van der Waals surface area contributed by atoms with Gasteiger partial charge in [-0.05, 0) is 35.9 Å². The van der Waals surface area contributed by atoms with Crippen LogP contribution in [0.3, 0.4) is 0 Å². The topological polar surface area (TPSA) is 108 Å². The molecule has 4 heterocycles. The van der Waals surface area contributed by atoms with Crippen molar-refractivity contribution in [2.45, 2.75) is 12.3 Å². The molecular formula is C21H18N4O5. The molecule has 3 aromatic rings. The van der Waals surface area contributed by atoms with Crippen molar-refractivity contribution in [1.82, 2.24) is 9.78 Å². The highest BCUT2D eigenvalue weighted by Gasteiger charge is 2.34. The molecule has 0 spiro atoms. The molecule has 2 N–H and O–H groups in total. The first-order valence-corrected chi connectivity index (χ1v) is 9.37. The third-order valence-corrected chi connectivity index (χ3v) is 5.03. The number of rotatable bonds is 4. The number of carbonyl (C=O) groups is 2. The Bertz CT molecular complexity index is 1160. The number of ether oxygens (including phenoxy) is 2. The smallest absolute Gasteiger partial charge is 0.249 e. The highest BCUT2D eigenvalue weighted by Crippen LogP contribution is 2.41. The molecule has 0 fully saturated rings. The molecule has 2 aromatic heterocycles. The maximum absolute atomic E-state index is 12.6. The average Bonchev–Trinajstić information content (AvgIpc) is 3.47. The molecule has 0 radical (unpaired) electrons. The number of hydrogen-bond donors (Lipinski definition) is 2. The van der Waals surface area contributed by atoms with E-state index in [0.29, 0.717) is 28.9 Å². The van der Waals surface area contributed by atoms with Gasteiger partial charge in [0.15, 0.2) is 17.3 Å². The lowest BCUT2D eigenvalue weighted by Crippen LogP contribution is -2.24. The van der Waals surface area contributed by atoms with Crippen molar-refractivity contribution >= 4 is 29.5 Å². The second-order valence-corrected chi connectivity index (χ2v) is 6.99. The monoisotopic (exact) mass is 406 g/mol. The Kier molecular flexibility index (Phi) is 4.27. The van der Waals surface area contributed by atoms with E-state index in [1.165, 1.54) is 6.08 Å². The van der Waals surface area contributed by atoms with Crippen LogP contribution in [0.25, 0.3) is 6.08 Å². The predicted octanol–water partition coefficient (Wildman–Crippen LogP) is 2.87. The molecular weight excluding hydrogens is 388 g/mol. The summed E-state index contributed by atoms with van der Waals surface area (Å²) in [7, 11) is 1.71. The van der Waals surface area contributed by atoms with E-state index in [1.807, 2.05) is 12.1 Å². The summed E-state index contributed by atoms with van der Waals surface area (Å²) < 4.78 is 17.7. The van der Waals surface area contributed by atoms with Gasteiger partial charge in [-0.1, -0.05) is 6.07 Å². The lowest BCUT2D eigenvalue weighted by Gasteiger charge is -2.22. The fraction of sp³-hybridized carbons (Fsp3) is 0.190. The van der Waals surface area contributed by atoms with Gasteiger partial charge in [-0.25, -0.2) is 0 Å². The van der Waals surface area contributed by atoms with Crippen LogP contribution in [0.2, 0.25) is 0 Å². The van der Waals surface area contributed by atoms with Crippen LogP contribution in [-0.2, 0) is 16.6 Å². The number of hydrogen-bond acceptors (Lipinski definition) is 6. The van der Waals surface area contributed by atoms with Gasteiger partial charge in [-0.2, -0.15) is 5.10 Å². The molecule has 5 rings (SSSR count). The Hall–Kier alpha value is -4.01. The Balaban J connectivity index is 1.39. The molecule has 2 aliphatic rings. The van der Waals surface area contributed by atoms with Crippen molar-refractivity contribution in [3.8, 4) is 11.5 Å². The lowest BCUT2D eigenvalue weighted by atomic mass is 9.91. The van der Waals surface area contributed by atoms with Crippen molar-refractivity contribution < 1.29 is 23.5 Å². The molecule has 30 heavy (non-hydrogen) atoms. The predicted molar refractivity (Wildman–Crippen MR) is 107 cm³/mol. The van der Waals surface area contributed by atoms with E-state index < -0.39 is 0 Å². The number of amides is 2. The number of aryl methyl sites for hydroxylation is 1. The van der Waals surface area contributed by atoms with Gasteiger partial charge >= 0.3 is 0 Å². The number of furan rings is 1. The van der Waals surface area contributed by atoms with Crippen LogP contribution in [0.4, 0.5) is 11.6 Å². The second kappa shape index (κ2) is 7.11. The fourth-order valence-electron chi connectivity index (χ4n) is 3.66. The molecule has 152 valence electrons. The van der Waals surface area contributed by atoms with Crippen molar-refractivity contribution in [3.63, 3.8) is 0 Å². The van der Waals surface area contributed by atoms with Gasteiger partial charge < -0.3 is 24.5 Å². The minimum absolute atomic E-state index is 0.132. The summed E-state index contributed by atoms with van der Waals surface area (Å²) in [5.41, 5.74) is 1.52. The number of fused-ring (bicyclic) bond motifs is 2. The van der Waals surface area contributed by atoms with Gasteiger partial charge in [0.25, 0.3) is 0 Å². The maximum Gasteiger partial charge on any atom is 0.249 e. The van der Waals surface area contributed by atoms with E-state index in [2.05, 4.69) is 15.7 Å². The summed E-state index contributed by atoms with van der Waals surface area (Å²) in [6.07, 6.45) is 4.87. The van der Waals surface area contributed by atoms with Gasteiger partial charge in [-0.3, -0.25) is 14.3 Å². The number of aromatic nitrogens is 2. The second-order valence-electron chi connectivity index (χ2n) is 6.99. The molecule has 1 atom stereocenters. The third-order valence-electron chi connectivity index (χ3n) is 5.03. The number of benzene rings is 1. The molecule has 0 bridgehead atoms. The van der Waals surface area contributed by atoms with E-state index in [9.17, 15) is 9.59 Å². The first-order valence-electron chi connectivity index (χ1n) is 9.37. The molecule has 0 aliphatic carbocycles. The van der Waals surface area contributed by atoms with E-state index in [0.717, 1.165) is 11.1 Å². The van der Waals surface area contributed by atoms with Crippen molar-refractivity contribution in [3.05, 3.63) is 59.6 Å². The van der Waals surface area contributed by atoms with E-state index in [1.54, 1.807) is 42.3 Å². The van der Waals surface area contributed by atoms with Crippen LogP contribution >= 0.6 is 0 Å². The Morgan fingerprint density at radius 3 is 3.00 bits per heavy atom. The SMILES string of the molecule is Cn1nc(NC(=O)/C=C/c2ccc3c(c2)OCO3)c2c1NC(=O)CC2c1ccco1. The van der Waals surface area contributed by atoms with Crippen molar-refractivity contribution in [1.29, 1.82) is 0 Å². The first-order chi connectivity index (χ1) is 14.6. The number of anilines is 2. The summed E-state index contributed by atoms with van der Waals surface area (Å²) in [5.74, 6) is 2.10. The van der Waals surface area contributed by atoms with Crippen LogP contribution in [-0.4, -0.2) is 28.4 Å². The normalized spacial score (nSPS) is 17.1. The zero-order valence-corrected chi connectivity index (χ0v) is 16.0. The Morgan fingerprint density at radius 1 is 1.30 bits per heavy atom. The highest BCUT2D eigenvalue weighted by molar-refractivity contribution is 6.03. The molecule has 0 saturated heterocycles. The van der Waals surface area contributed by atoms with Gasteiger partial charge in [0.2, 0.25) is 18.6 Å². The van der Waals surface area contributed by atoms with Crippen molar-refractivity contribution in [2.75, 3.05) is 17.4 Å². The Morgan fingerprint density at radius 2 is 2.17 bits per heavy atom. The Labute approximate surface area is 171 Å². The number of nitrogens with zero attached hydrogens (tertiary/aromatic N) is 2. The highest BCUT2D eigenvalue weighted by atomic mass is 16.7. The summed E-state index contributed by atoms with van der Waals surface area (Å²) in [6, 6.07) is 9.01. The first kappa shape index (κ1) is 18.0. The summed E-state index contributed by atoms with van der Waals surface area (Å²) in [5, 5.41) is 10.0. The third kappa shape index (κ3) is 3.20. The fourth-order valence-corrected chi connectivity index (χ4v) is 3.66. The lowest BCUT2D eigenvalue weighted by molar-refractivity contribution is -0.116. The van der Waals surface area contributed by atoms with Crippen LogP contribution in [0, 0.1) is 0 Å². The van der Waals surface area contributed by atoms with E-state index in [-0.39, 0.29) is 30.9 Å². The molecule has 0 saturated carbocycles. The molecule has 1 aromatic carbocycles. The van der Waals surface area contributed by atoms with E-state index in [4.69, 9.17) is 13.9 Å². The minimum Gasteiger partial charge on any atom is -0.469 e. The van der Waals surface area contributed by atoms with E-state index >= 15 is 0 Å². The maximum atomic E-state index is 12.6. The average molecular weight is 406 g/mol. The molecule has 2 amide bonds. The largest absolute Gasteiger partial charge is 0.469 e. The van der Waals surface area contributed by atoms with Crippen LogP contribution in [0.5, 0.6) is 11.5 Å². The van der Waals surface area contributed by atoms with Crippen LogP contribution in [0.15, 0.2) is 47.1 Å². The summed E-state index contributed by atoms with van der Waals surface area (Å²) in [4.78, 5) is 24.7. The molecule has 9 nitrogen and oxygen atoms in total. The van der Waals surface area contributed by atoms with Crippen molar-refractivity contribution in [2.24, 2.45) is 7.05 Å². The summed E-state index contributed by atoms with van der Waals surface area (Å²) >= 11 is 0. The standard InChI is InChI=1S/C21H18N4O5/c1-25-21-19(13(10-18(27)23-21)14-3-2-8-28-14)20(24-25)22-17(26)7-5-12-4-6-15-16(9-12)30-11-29-15/h2-9,13H,10-11H2,1H3,(H,23,27)(H,22,24,26)/b7-5+. The van der Waals surface area contributed by atoms with Gasteiger partial charge in [0.05, 0.1) is 17.7 Å². The van der Waals surface area contributed by atoms with Crippen LogP contribution in [0.1, 0.15) is 29.2 Å². The number of nitrogens with one attached hydrogen (secondary N) is 2. The zero-order valence-electron chi connectivity index (χ0n) is 16.0. The van der Waals surface area contributed by atoms with Gasteiger partial charge in [0, 0.05) is 19.5 Å². The van der Waals surface area contributed by atoms with Gasteiger partial charge in [-0.15, -0.1) is 0 Å². The van der Waals surface area contributed by atoms with Crippen LogP contribution < -0.4 is 20.1 Å². The molecule has 9 heteroatoms. The molecule has 1 unspecified atom stereocenters. The quantitative estimate of drug-likeness (QED) is 0.645. The minimum atomic E-state index is -0.344. The molecule has 2 aliphatic heterocycles. The zero-order chi connectivity index (χ0) is 20.7.